The Bertz CT molecular complexity index is 1520. The van der Waals surface area contributed by atoms with Crippen molar-refractivity contribution in [3.8, 4) is 22.5 Å². The monoisotopic (exact) mass is 629 g/mol. The third-order valence-corrected chi connectivity index (χ3v) is 5.97. The third kappa shape index (κ3) is 5.54. The van der Waals surface area contributed by atoms with Crippen LogP contribution in [-0.4, -0.2) is 9.97 Å². The van der Waals surface area contributed by atoms with E-state index >= 15 is 0 Å². The molecular formula is C32H24IrN2-2. The molecule has 0 atom stereocenters. The van der Waals surface area contributed by atoms with Crippen molar-refractivity contribution in [2.24, 2.45) is 0 Å². The number of aryl methyl sites for hydroxylation is 2. The zero-order valence-electron chi connectivity index (χ0n) is 19.6. The van der Waals surface area contributed by atoms with Gasteiger partial charge in [0.15, 0.2) is 0 Å². The van der Waals surface area contributed by atoms with Gasteiger partial charge in [-0.3, -0.25) is 0 Å². The fourth-order valence-corrected chi connectivity index (χ4v) is 3.94. The summed E-state index contributed by atoms with van der Waals surface area (Å²) in [5, 5.41) is 5.01. The summed E-state index contributed by atoms with van der Waals surface area (Å²) in [5.41, 5.74) is 6.52. The second-order valence-electron chi connectivity index (χ2n) is 8.28. The molecule has 6 rings (SSSR count). The van der Waals surface area contributed by atoms with Gasteiger partial charge in [-0.05, 0) is 42.3 Å². The number of hydrogen-bond donors (Lipinski definition) is 0. The molecule has 4 aromatic carbocycles. The van der Waals surface area contributed by atoms with E-state index in [2.05, 4.69) is 90.5 Å². The predicted molar refractivity (Wildman–Crippen MR) is 142 cm³/mol. The molecule has 6 aromatic rings. The smallest absolute Gasteiger partial charge is 0.0192 e. The second kappa shape index (κ2) is 11.2. The molecule has 35 heavy (non-hydrogen) atoms. The van der Waals surface area contributed by atoms with Gasteiger partial charge in [-0.25, -0.2) is 0 Å². The quantitative estimate of drug-likeness (QED) is 0.143. The SMILES string of the molecule is Cc1cnc(-c2[c-]cc3c(ccc4ccccc43)c2)cc1C.[Ir].[c-]1ccccc1-c1ccccn1. The summed E-state index contributed by atoms with van der Waals surface area (Å²) in [4.78, 5) is 8.76. The van der Waals surface area contributed by atoms with Gasteiger partial charge in [-0.2, -0.15) is 0 Å². The molecule has 2 heterocycles. The Morgan fingerprint density at radius 3 is 2.17 bits per heavy atom. The van der Waals surface area contributed by atoms with E-state index < -0.39 is 0 Å². The zero-order chi connectivity index (χ0) is 23.3. The molecule has 0 unspecified atom stereocenters. The van der Waals surface area contributed by atoms with E-state index in [4.69, 9.17) is 0 Å². The van der Waals surface area contributed by atoms with E-state index in [1.807, 2.05) is 48.7 Å². The first-order valence-electron chi connectivity index (χ1n) is 11.3. The van der Waals surface area contributed by atoms with E-state index in [9.17, 15) is 0 Å². The average Bonchev–Trinajstić information content (AvgIpc) is 2.91. The van der Waals surface area contributed by atoms with Crippen molar-refractivity contribution < 1.29 is 20.1 Å². The molecule has 173 valence electrons. The maximum Gasteiger partial charge on any atom is 0.0192 e. The predicted octanol–water partition coefficient (Wildman–Crippen LogP) is 8.02. The van der Waals surface area contributed by atoms with Crippen LogP contribution in [0.1, 0.15) is 11.1 Å². The van der Waals surface area contributed by atoms with Gasteiger partial charge in [0, 0.05) is 32.5 Å². The van der Waals surface area contributed by atoms with E-state index in [1.54, 1.807) is 6.20 Å². The molecule has 0 saturated heterocycles. The van der Waals surface area contributed by atoms with Crippen molar-refractivity contribution in [1.29, 1.82) is 0 Å². The van der Waals surface area contributed by atoms with Crippen LogP contribution in [0.25, 0.3) is 44.1 Å². The Morgan fingerprint density at radius 2 is 1.40 bits per heavy atom. The standard InChI is InChI=1S/C21H16N.C11H8N.Ir/c1-14-11-21(22-13-15(14)2)18-9-10-20-17(12-18)8-7-16-5-3-4-6-19(16)20;1-2-6-10(7-3-1)11-8-4-5-9-12-11;/h3-8,10-13H,1-2H3;1-6,8-9H;/q2*-1;. The second-order valence-corrected chi connectivity index (χ2v) is 8.28. The number of rotatable bonds is 2. The normalized spacial score (nSPS) is 10.3. The number of aromatic nitrogens is 2. The molecular weight excluding hydrogens is 605 g/mol. The van der Waals surface area contributed by atoms with Gasteiger partial charge < -0.3 is 9.97 Å². The van der Waals surface area contributed by atoms with Crippen molar-refractivity contribution in [3.05, 3.63) is 133 Å². The Labute approximate surface area is 220 Å². The summed E-state index contributed by atoms with van der Waals surface area (Å²) in [6.45, 7) is 4.21. The summed E-state index contributed by atoms with van der Waals surface area (Å²) >= 11 is 0. The van der Waals surface area contributed by atoms with Crippen molar-refractivity contribution >= 4 is 21.5 Å². The molecule has 0 fully saturated rings. The van der Waals surface area contributed by atoms with Gasteiger partial charge in [0.05, 0.1) is 0 Å². The van der Waals surface area contributed by atoms with Crippen LogP contribution in [0, 0.1) is 26.0 Å². The molecule has 0 aliphatic carbocycles. The zero-order valence-corrected chi connectivity index (χ0v) is 22.0. The van der Waals surface area contributed by atoms with Crippen LogP contribution in [0.2, 0.25) is 0 Å². The molecule has 0 aliphatic heterocycles. The molecule has 2 nitrogen and oxygen atoms in total. The Hall–Kier alpha value is -3.65. The molecule has 0 N–H and O–H groups in total. The average molecular weight is 629 g/mol. The fourth-order valence-electron chi connectivity index (χ4n) is 3.94. The first-order valence-corrected chi connectivity index (χ1v) is 11.3. The Morgan fingerprint density at radius 1 is 0.600 bits per heavy atom. The van der Waals surface area contributed by atoms with E-state index in [0.717, 1.165) is 22.5 Å². The number of benzene rings is 4. The molecule has 0 spiro atoms. The first kappa shape index (κ1) is 24.5. The first-order chi connectivity index (χ1) is 16.7. The molecule has 3 heteroatoms. The van der Waals surface area contributed by atoms with Crippen LogP contribution in [0.15, 0.2) is 109 Å². The number of nitrogens with zero attached hydrogens (tertiary/aromatic N) is 2. The van der Waals surface area contributed by atoms with Crippen molar-refractivity contribution in [1.82, 2.24) is 9.97 Å². The molecule has 1 radical (unpaired) electrons. The van der Waals surface area contributed by atoms with Gasteiger partial charge in [0.2, 0.25) is 0 Å². The van der Waals surface area contributed by atoms with Crippen LogP contribution < -0.4 is 0 Å². The van der Waals surface area contributed by atoms with Gasteiger partial charge in [0.25, 0.3) is 0 Å². The van der Waals surface area contributed by atoms with E-state index in [-0.39, 0.29) is 20.1 Å². The van der Waals surface area contributed by atoms with Crippen molar-refractivity contribution in [2.75, 3.05) is 0 Å². The van der Waals surface area contributed by atoms with Gasteiger partial charge >= 0.3 is 0 Å². The molecule has 0 saturated carbocycles. The Kier molecular flexibility index (Phi) is 7.82. The van der Waals surface area contributed by atoms with Gasteiger partial charge in [-0.15, -0.1) is 65.0 Å². The third-order valence-electron chi connectivity index (χ3n) is 5.97. The molecule has 0 amide bonds. The number of hydrogen-bond acceptors (Lipinski definition) is 2. The maximum atomic E-state index is 4.55. The fraction of sp³-hybridized carbons (Fsp3) is 0.0625. The number of fused-ring (bicyclic) bond motifs is 3. The molecule has 2 aromatic heterocycles. The van der Waals surface area contributed by atoms with Crippen molar-refractivity contribution in [3.63, 3.8) is 0 Å². The minimum absolute atomic E-state index is 0. The largest absolute Gasteiger partial charge is 0.305 e. The maximum absolute atomic E-state index is 4.55. The van der Waals surface area contributed by atoms with E-state index in [1.165, 1.54) is 32.7 Å². The Balaban J connectivity index is 0.000000189. The topological polar surface area (TPSA) is 25.8 Å². The minimum Gasteiger partial charge on any atom is -0.305 e. The van der Waals surface area contributed by atoms with Crippen LogP contribution >= 0.6 is 0 Å². The summed E-state index contributed by atoms with van der Waals surface area (Å²) in [6, 6.07) is 39.4. The molecule has 0 aliphatic rings. The summed E-state index contributed by atoms with van der Waals surface area (Å²) < 4.78 is 0. The summed E-state index contributed by atoms with van der Waals surface area (Å²) in [6.07, 6.45) is 3.72. The minimum atomic E-state index is 0. The van der Waals surface area contributed by atoms with Gasteiger partial charge in [-0.1, -0.05) is 70.9 Å². The van der Waals surface area contributed by atoms with Crippen LogP contribution in [-0.2, 0) is 20.1 Å². The molecule has 0 bridgehead atoms. The number of pyridine rings is 2. The van der Waals surface area contributed by atoms with E-state index in [0.29, 0.717) is 0 Å². The van der Waals surface area contributed by atoms with Crippen molar-refractivity contribution in [2.45, 2.75) is 13.8 Å². The summed E-state index contributed by atoms with van der Waals surface area (Å²) in [5.74, 6) is 0. The van der Waals surface area contributed by atoms with Crippen LogP contribution in [0.3, 0.4) is 0 Å². The van der Waals surface area contributed by atoms with Crippen LogP contribution in [0.4, 0.5) is 0 Å². The summed E-state index contributed by atoms with van der Waals surface area (Å²) in [7, 11) is 0. The van der Waals surface area contributed by atoms with Gasteiger partial charge in [0.1, 0.15) is 0 Å². The van der Waals surface area contributed by atoms with Crippen LogP contribution in [0.5, 0.6) is 0 Å².